The van der Waals surface area contributed by atoms with E-state index in [9.17, 15) is 0 Å². The summed E-state index contributed by atoms with van der Waals surface area (Å²) in [7, 11) is 0. The highest BCUT2D eigenvalue weighted by molar-refractivity contribution is 4.82. The summed E-state index contributed by atoms with van der Waals surface area (Å²) in [6, 6.07) is 0. The molecule has 0 aliphatic rings. The summed E-state index contributed by atoms with van der Waals surface area (Å²) in [6.45, 7) is 8.98. The SMILES string of the molecule is CC[C-](C)CC(C)C. The van der Waals surface area contributed by atoms with Gasteiger partial charge in [-0.05, 0) is 0 Å². The van der Waals surface area contributed by atoms with E-state index in [0.717, 1.165) is 5.92 Å². The van der Waals surface area contributed by atoms with Crippen LogP contribution in [0.4, 0.5) is 0 Å². The van der Waals surface area contributed by atoms with Crippen molar-refractivity contribution in [3.8, 4) is 0 Å². The Kier molecular flexibility index (Phi) is 3.94. The summed E-state index contributed by atoms with van der Waals surface area (Å²) in [6.07, 6.45) is 2.55. The van der Waals surface area contributed by atoms with Crippen molar-refractivity contribution in [3.63, 3.8) is 0 Å². The molecule has 0 aliphatic carbocycles. The van der Waals surface area contributed by atoms with Crippen molar-refractivity contribution in [2.45, 2.75) is 40.5 Å². The predicted molar refractivity (Wildman–Crippen MR) is 38.7 cm³/mol. The second kappa shape index (κ2) is 3.94. The number of hydrogen-bond acceptors (Lipinski definition) is 0. The molecule has 0 aromatic rings. The van der Waals surface area contributed by atoms with Gasteiger partial charge in [-0.15, -0.1) is 0 Å². The van der Waals surface area contributed by atoms with Crippen molar-refractivity contribution in [1.82, 2.24) is 0 Å². The van der Waals surface area contributed by atoms with Crippen LogP contribution in [0.5, 0.6) is 0 Å². The molecular formula is C8H17-. The maximum absolute atomic E-state index is 2.26. The van der Waals surface area contributed by atoms with Crippen molar-refractivity contribution in [3.05, 3.63) is 5.92 Å². The van der Waals surface area contributed by atoms with Gasteiger partial charge in [0.25, 0.3) is 0 Å². The zero-order valence-electron chi connectivity index (χ0n) is 6.49. The molecule has 0 spiro atoms. The van der Waals surface area contributed by atoms with E-state index in [1.54, 1.807) is 5.92 Å². The first-order valence-corrected chi connectivity index (χ1v) is 3.48. The monoisotopic (exact) mass is 113 g/mol. The van der Waals surface area contributed by atoms with Gasteiger partial charge in [0.1, 0.15) is 0 Å². The lowest BCUT2D eigenvalue weighted by molar-refractivity contribution is 0.580. The van der Waals surface area contributed by atoms with Crippen LogP contribution in [0.25, 0.3) is 0 Å². The molecule has 0 bridgehead atoms. The van der Waals surface area contributed by atoms with Crippen LogP contribution in [0.1, 0.15) is 40.5 Å². The van der Waals surface area contributed by atoms with E-state index in [0.29, 0.717) is 0 Å². The molecule has 0 saturated heterocycles. The summed E-state index contributed by atoms with van der Waals surface area (Å²) >= 11 is 0. The second-order valence-electron chi connectivity index (χ2n) is 2.91. The van der Waals surface area contributed by atoms with Gasteiger partial charge < -0.3 is 5.92 Å². The van der Waals surface area contributed by atoms with Gasteiger partial charge in [-0.3, -0.25) is 0 Å². The highest BCUT2D eigenvalue weighted by atomic mass is 14.1. The zero-order valence-corrected chi connectivity index (χ0v) is 6.49. The molecule has 0 aromatic heterocycles. The fraction of sp³-hybridized carbons (Fsp3) is 0.875. The molecule has 0 rings (SSSR count). The van der Waals surface area contributed by atoms with E-state index < -0.39 is 0 Å². The Morgan fingerprint density at radius 1 is 1.38 bits per heavy atom. The maximum Gasteiger partial charge on any atom is -0.0652 e. The van der Waals surface area contributed by atoms with Gasteiger partial charge in [0.2, 0.25) is 0 Å². The maximum atomic E-state index is 2.26. The van der Waals surface area contributed by atoms with Crippen LogP contribution in [0.3, 0.4) is 0 Å². The van der Waals surface area contributed by atoms with Crippen LogP contribution in [0, 0.1) is 11.8 Å². The number of rotatable bonds is 3. The predicted octanol–water partition coefficient (Wildman–Crippen LogP) is 3.04. The minimum absolute atomic E-state index is 0.843. The van der Waals surface area contributed by atoms with Crippen molar-refractivity contribution in [2.24, 2.45) is 5.92 Å². The summed E-state index contributed by atoms with van der Waals surface area (Å²) in [4.78, 5) is 0. The first kappa shape index (κ1) is 8.00. The Morgan fingerprint density at radius 3 is 2.00 bits per heavy atom. The van der Waals surface area contributed by atoms with Gasteiger partial charge in [0.05, 0.1) is 0 Å². The van der Waals surface area contributed by atoms with Crippen LogP contribution in [-0.2, 0) is 0 Å². The smallest absolute Gasteiger partial charge is 0.0652 e. The van der Waals surface area contributed by atoms with E-state index in [-0.39, 0.29) is 0 Å². The molecule has 0 saturated carbocycles. The Labute approximate surface area is 53.3 Å². The number of hydrogen-bond donors (Lipinski definition) is 0. The largest absolute Gasteiger partial charge is 0.317 e. The van der Waals surface area contributed by atoms with E-state index >= 15 is 0 Å². The molecule has 0 nitrogen and oxygen atoms in total. The van der Waals surface area contributed by atoms with Crippen molar-refractivity contribution in [1.29, 1.82) is 0 Å². The Bertz CT molecular complexity index is 46.0. The van der Waals surface area contributed by atoms with E-state index in [1.165, 1.54) is 12.8 Å². The molecule has 0 unspecified atom stereocenters. The molecule has 0 atom stereocenters. The van der Waals surface area contributed by atoms with E-state index in [1.807, 2.05) is 0 Å². The third-order valence-corrected chi connectivity index (χ3v) is 1.36. The molecule has 50 valence electrons. The molecule has 0 aliphatic heterocycles. The molecule has 8 heavy (non-hydrogen) atoms. The van der Waals surface area contributed by atoms with Crippen LogP contribution in [0.15, 0.2) is 0 Å². The average molecular weight is 113 g/mol. The van der Waals surface area contributed by atoms with E-state index in [2.05, 4.69) is 27.7 Å². The highest BCUT2D eigenvalue weighted by Gasteiger charge is 1.87. The zero-order chi connectivity index (χ0) is 6.57. The molecule has 0 heterocycles. The Balaban J connectivity index is 3.10. The van der Waals surface area contributed by atoms with Gasteiger partial charge in [-0.25, -0.2) is 0 Å². The van der Waals surface area contributed by atoms with Crippen LogP contribution < -0.4 is 0 Å². The quantitative estimate of drug-likeness (QED) is 0.493. The lowest BCUT2D eigenvalue weighted by Gasteiger charge is -2.23. The molecule has 0 heteroatoms. The second-order valence-corrected chi connectivity index (χ2v) is 2.91. The van der Waals surface area contributed by atoms with Crippen molar-refractivity contribution in [2.75, 3.05) is 0 Å². The molecule has 0 radical (unpaired) electrons. The molecular weight excluding hydrogens is 96.1 g/mol. The highest BCUT2D eigenvalue weighted by Crippen LogP contribution is 2.15. The van der Waals surface area contributed by atoms with Crippen LogP contribution >= 0.6 is 0 Å². The molecule has 0 aromatic carbocycles. The minimum Gasteiger partial charge on any atom is -0.317 e. The summed E-state index contributed by atoms with van der Waals surface area (Å²) < 4.78 is 0. The van der Waals surface area contributed by atoms with Crippen LogP contribution in [0.2, 0.25) is 0 Å². The Morgan fingerprint density at radius 2 is 1.88 bits per heavy atom. The standard InChI is InChI=1S/C8H17/c1-5-8(4)6-7(2)3/h7H,5-6H2,1-4H3/q-1. The minimum atomic E-state index is 0.843. The van der Waals surface area contributed by atoms with Gasteiger partial charge in [-0.1, -0.05) is 26.7 Å². The van der Waals surface area contributed by atoms with Crippen molar-refractivity contribution >= 4 is 0 Å². The third kappa shape index (κ3) is 4.17. The Hall–Kier alpha value is 0. The fourth-order valence-electron chi connectivity index (χ4n) is 0.841. The van der Waals surface area contributed by atoms with Gasteiger partial charge in [0, 0.05) is 0 Å². The lowest BCUT2D eigenvalue weighted by atomic mass is 9.97. The summed E-state index contributed by atoms with van der Waals surface area (Å²) in [5.74, 6) is 2.47. The van der Waals surface area contributed by atoms with Gasteiger partial charge in [0.15, 0.2) is 0 Å². The first-order valence-electron chi connectivity index (χ1n) is 3.48. The van der Waals surface area contributed by atoms with Crippen LogP contribution in [-0.4, -0.2) is 0 Å². The molecule has 0 fully saturated rings. The first-order chi connectivity index (χ1) is 3.66. The normalized spacial score (nSPS) is 11.2. The fourth-order valence-corrected chi connectivity index (χ4v) is 0.841. The van der Waals surface area contributed by atoms with E-state index in [4.69, 9.17) is 0 Å². The topological polar surface area (TPSA) is 0 Å². The third-order valence-electron chi connectivity index (χ3n) is 1.36. The lowest BCUT2D eigenvalue weighted by Crippen LogP contribution is -1.94. The molecule has 0 amide bonds. The summed E-state index contributed by atoms with van der Waals surface area (Å²) in [5.41, 5.74) is 0. The summed E-state index contributed by atoms with van der Waals surface area (Å²) in [5, 5.41) is 0. The van der Waals surface area contributed by atoms with Gasteiger partial charge >= 0.3 is 0 Å². The van der Waals surface area contributed by atoms with Crippen molar-refractivity contribution < 1.29 is 0 Å². The molecule has 0 N–H and O–H groups in total. The van der Waals surface area contributed by atoms with Gasteiger partial charge in [-0.2, -0.15) is 19.8 Å². The average Bonchev–Trinajstić information content (AvgIpc) is 1.65.